The van der Waals surface area contributed by atoms with Gasteiger partial charge in [0, 0.05) is 55.9 Å². The maximum atomic E-state index is 13.2. The van der Waals surface area contributed by atoms with Crippen molar-refractivity contribution >= 4 is 49.9 Å². The van der Waals surface area contributed by atoms with Gasteiger partial charge in [-0.1, -0.05) is 35.1 Å². The van der Waals surface area contributed by atoms with E-state index in [0.717, 1.165) is 67.8 Å². The second-order valence-electron chi connectivity index (χ2n) is 9.43. The van der Waals surface area contributed by atoms with Crippen LogP contribution in [0.3, 0.4) is 0 Å². The van der Waals surface area contributed by atoms with E-state index in [9.17, 15) is 4.79 Å². The number of hydrogen-bond donors (Lipinski definition) is 0. The van der Waals surface area contributed by atoms with Crippen LogP contribution in [0.25, 0.3) is 10.2 Å². The Labute approximate surface area is 205 Å². The minimum atomic E-state index is 0.124. The highest BCUT2D eigenvalue weighted by Gasteiger charge is 2.31. The molecule has 5 rings (SSSR count). The topological polar surface area (TPSA) is 39.7 Å². The van der Waals surface area contributed by atoms with Crippen LogP contribution in [0.15, 0.2) is 30.3 Å². The Hall–Kier alpha value is -2.31. The molecule has 0 aliphatic carbocycles. The first-order valence-corrected chi connectivity index (χ1v) is 13.0. The highest BCUT2D eigenvalue weighted by molar-refractivity contribution is 7.22. The number of aromatic nitrogens is 1. The van der Waals surface area contributed by atoms with Crippen molar-refractivity contribution in [3.05, 3.63) is 52.0 Å². The monoisotopic (exact) mass is 482 g/mol. The maximum Gasteiger partial charge on any atom is 0.225 e. The van der Waals surface area contributed by atoms with E-state index < -0.39 is 0 Å². The van der Waals surface area contributed by atoms with Gasteiger partial charge >= 0.3 is 0 Å². The molecule has 0 spiro atoms. The molecule has 0 atom stereocenters. The molecule has 0 bridgehead atoms. The van der Waals surface area contributed by atoms with E-state index in [1.165, 1.54) is 27.1 Å². The van der Waals surface area contributed by atoms with Gasteiger partial charge in [0.05, 0.1) is 10.2 Å². The number of fused-ring (bicyclic) bond motifs is 1. The second kappa shape index (κ2) is 9.15. The first-order chi connectivity index (χ1) is 15.9. The molecule has 5 nitrogen and oxygen atoms in total. The quantitative estimate of drug-likeness (QED) is 0.498. The van der Waals surface area contributed by atoms with Crippen molar-refractivity contribution in [2.75, 3.05) is 49.1 Å². The summed E-state index contributed by atoms with van der Waals surface area (Å²) >= 11 is 7.99. The Bertz CT molecular complexity index is 1180. The SMILES string of the molecule is Cc1cc(C)c2nc(N3CCC(C(=O)N4CCN(c5cc(Cl)ccc5C)CC4)CC3)sc2c1. The van der Waals surface area contributed by atoms with Gasteiger partial charge in [0.15, 0.2) is 5.13 Å². The third kappa shape index (κ3) is 4.56. The van der Waals surface area contributed by atoms with Crippen LogP contribution in [-0.2, 0) is 4.79 Å². The zero-order valence-electron chi connectivity index (χ0n) is 19.6. The molecule has 1 aromatic heterocycles. The number of rotatable bonds is 3. The fourth-order valence-electron chi connectivity index (χ4n) is 5.16. The summed E-state index contributed by atoms with van der Waals surface area (Å²) in [6.45, 7) is 11.5. The lowest BCUT2D eigenvalue weighted by Gasteiger charge is -2.39. The highest BCUT2D eigenvalue weighted by Crippen LogP contribution is 2.34. The third-order valence-electron chi connectivity index (χ3n) is 7.04. The van der Waals surface area contributed by atoms with E-state index in [0.29, 0.717) is 5.91 Å². The number of piperazine rings is 1. The Kier molecular flexibility index (Phi) is 6.23. The summed E-state index contributed by atoms with van der Waals surface area (Å²) in [7, 11) is 0. The molecule has 2 aliphatic heterocycles. The smallest absolute Gasteiger partial charge is 0.225 e. The van der Waals surface area contributed by atoms with Gasteiger partial charge in [0.1, 0.15) is 0 Å². The van der Waals surface area contributed by atoms with Crippen LogP contribution in [0.1, 0.15) is 29.5 Å². The van der Waals surface area contributed by atoms with Crippen LogP contribution >= 0.6 is 22.9 Å². The first-order valence-electron chi connectivity index (χ1n) is 11.8. The molecular formula is C26H31ClN4OS. The van der Waals surface area contributed by atoms with Crippen LogP contribution in [0.2, 0.25) is 5.02 Å². The number of halogens is 1. The predicted molar refractivity (Wildman–Crippen MR) is 139 cm³/mol. The Morgan fingerprint density at radius 2 is 1.67 bits per heavy atom. The van der Waals surface area contributed by atoms with Crippen molar-refractivity contribution in [2.45, 2.75) is 33.6 Å². The number of carbonyl (C=O) groups excluding carboxylic acids is 1. The summed E-state index contributed by atoms with van der Waals surface area (Å²) in [5, 5.41) is 1.86. The van der Waals surface area contributed by atoms with Gasteiger partial charge < -0.3 is 14.7 Å². The van der Waals surface area contributed by atoms with Crippen LogP contribution in [-0.4, -0.2) is 55.1 Å². The van der Waals surface area contributed by atoms with E-state index >= 15 is 0 Å². The van der Waals surface area contributed by atoms with E-state index in [1.54, 1.807) is 11.3 Å². The summed E-state index contributed by atoms with van der Waals surface area (Å²) < 4.78 is 1.26. The summed E-state index contributed by atoms with van der Waals surface area (Å²) in [5.41, 5.74) is 6.05. The molecule has 174 valence electrons. The van der Waals surface area contributed by atoms with Gasteiger partial charge in [-0.3, -0.25) is 4.79 Å². The van der Waals surface area contributed by atoms with Crippen LogP contribution in [0.5, 0.6) is 0 Å². The number of piperidine rings is 1. The molecule has 3 heterocycles. The number of thiazole rings is 1. The zero-order chi connectivity index (χ0) is 23.1. The number of carbonyl (C=O) groups is 1. The molecule has 3 aromatic rings. The van der Waals surface area contributed by atoms with Crippen LogP contribution in [0.4, 0.5) is 10.8 Å². The van der Waals surface area contributed by atoms with Gasteiger partial charge in [-0.15, -0.1) is 0 Å². The van der Waals surface area contributed by atoms with Gasteiger partial charge in [-0.05, 0) is 68.5 Å². The molecule has 1 amide bonds. The minimum absolute atomic E-state index is 0.124. The third-order valence-corrected chi connectivity index (χ3v) is 8.33. The van der Waals surface area contributed by atoms with Gasteiger partial charge in [0.2, 0.25) is 5.91 Å². The van der Waals surface area contributed by atoms with E-state index in [1.807, 2.05) is 12.1 Å². The molecule has 2 fully saturated rings. The molecule has 0 unspecified atom stereocenters. The molecule has 0 N–H and O–H groups in total. The lowest BCUT2D eigenvalue weighted by molar-refractivity contribution is -0.136. The van der Waals surface area contributed by atoms with Gasteiger partial charge in [-0.25, -0.2) is 4.98 Å². The molecule has 0 saturated carbocycles. The lowest BCUT2D eigenvalue weighted by Crippen LogP contribution is -2.51. The van der Waals surface area contributed by atoms with E-state index in [2.05, 4.69) is 53.7 Å². The number of anilines is 2. The molecular weight excluding hydrogens is 452 g/mol. The van der Waals surface area contributed by atoms with Crippen molar-refractivity contribution in [1.82, 2.24) is 9.88 Å². The minimum Gasteiger partial charge on any atom is -0.368 e. The molecule has 2 saturated heterocycles. The normalized spacial score (nSPS) is 17.8. The van der Waals surface area contributed by atoms with Crippen molar-refractivity contribution in [3.63, 3.8) is 0 Å². The average molecular weight is 483 g/mol. The van der Waals surface area contributed by atoms with Gasteiger partial charge in [-0.2, -0.15) is 0 Å². The lowest BCUT2D eigenvalue weighted by atomic mass is 9.95. The van der Waals surface area contributed by atoms with Gasteiger partial charge in [0.25, 0.3) is 0 Å². The van der Waals surface area contributed by atoms with Crippen LogP contribution in [0, 0.1) is 26.7 Å². The number of amides is 1. The van der Waals surface area contributed by atoms with E-state index in [-0.39, 0.29) is 5.92 Å². The van der Waals surface area contributed by atoms with Crippen molar-refractivity contribution in [1.29, 1.82) is 0 Å². The number of aryl methyl sites for hydroxylation is 3. The molecule has 33 heavy (non-hydrogen) atoms. The molecule has 2 aliphatic rings. The summed E-state index contributed by atoms with van der Waals surface area (Å²) in [4.78, 5) is 24.9. The fourth-order valence-corrected chi connectivity index (χ4v) is 6.52. The first kappa shape index (κ1) is 22.5. The average Bonchev–Trinajstić information content (AvgIpc) is 3.25. The predicted octanol–water partition coefficient (Wildman–Crippen LogP) is 5.44. The Morgan fingerprint density at radius 3 is 2.39 bits per heavy atom. The van der Waals surface area contributed by atoms with Crippen LogP contribution < -0.4 is 9.80 Å². The summed E-state index contributed by atoms with van der Waals surface area (Å²) in [5.74, 6) is 0.451. The molecule has 2 aromatic carbocycles. The maximum absolute atomic E-state index is 13.2. The second-order valence-corrected chi connectivity index (χ2v) is 10.9. The fraction of sp³-hybridized carbons (Fsp3) is 0.462. The number of hydrogen-bond acceptors (Lipinski definition) is 5. The molecule has 7 heteroatoms. The summed E-state index contributed by atoms with van der Waals surface area (Å²) in [6, 6.07) is 10.5. The largest absolute Gasteiger partial charge is 0.368 e. The van der Waals surface area contributed by atoms with Crippen molar-refractivity contribution < 1.29 is 4.79 Å². The Balaban J connectivity index is 1.18. The van der Waals surface area contributed by atoms with Crippen molar-refractivity contribution in [3.8, 4) is 0 Å². The zero-order valence-corrected chi connectivity index (χ0v) is 21.2. The standard InChI is InChI=1S/C26H31ClN4OS/c1-17-14-19(3)24-23(15-17)33-26(28-24)31-8-6-20(7-9-31)25(32)30-12-10-29(11-13-30)22-16-21(27)5-4-18(22)2/h4-5,14-16,20H,6-13H2,1-3H3. The number of nitrogens with zero attached hydrogens (tertiary/aromatic N) is 4. The highest BCUT2D eigenvalue weighted by atomic mass is 35.5. The Morgan fingerprint density at radius 1 is 0.939 bits per heavy atom. The van der Waals surface area contributed by atoms with Crippen molar-refractivity contribution in [2.24, 2.45) is 5.92 Å². The van der Waals surface area contributed by atoms with E-state index in [4.69, 9.17) is 16.6 Å². The number of benzene rings is 2. The summed E-state index contributed by atoms with van der Waals surface area (Å²) in [6.07, 6.45) is 1.81. The molecule has 0 radical (unpaired) electrons.